The minimum absolute atomic E-state index is 0.109. The molecule has 582 valence electrons. The van der Waals surface area contributed by atoms with Crippen LogP contribution in [0.25, 0.3) is 0 Å². The van der Waals surface area contributed by atoms with Gasteiger partial charge in [0.2, 0.25) is 0 Å². The highest BCUT2D eigenvalue weighted by atomic mass is 31.2. The van der Waals surface area contributed by atoms with Gasteiger partial charge in [0.1, 0.15) is 19.3 Å². The lowest BCUT2D eigenvalue weighted by Crippen LogP contribution is -2.30. The third-order valence-corrected chi connectivity index (χ3v) is 20.5. The average Bonchev–Trinajstić information content (AvgIpc) is 1.05. The normalized spacial score (nSPS) is 13.8. The molecule has 0 bridgehead atoms. The van der Waals surface area contributed by atoms with Crippen LogP contribution in [0, 0.1) is 0 Å². The van der Waals surface area contributed by atoms with E-state index >= 15 is 0 Å². The molecule has 5 atom stereocenters. The zero-order valence-electron chi connectivity index (χ0n) is 63.8. The van der Waals surface area contributed by atoms with Gasteiger partial charge in [-0.2, -0.15) is 0 Å². The van der Waals surface area contributed by atoms with Gasteiger partial charge in [-0.1, -0.05) is 374 Å². The van der Waals surface area contributed by atoms with Crippen molar-refractivity contribution in [3.05, 3.63) is 0 Å². The summed E-state index contributed by atoms with van der Waals surface area (Å²) in [4.78, 5) is 73.0. The van der Waals surface area contributed by atoms with Crippen molar-refractivity contribution in [2.75, 3.05) is 39.6 Å². The van der Waals surface area contributed by atoms with Crippen LogP contribution in [0.15, 0.2) is 0 Å². The molecular formula is C79H154O17P2. The first-order chi connectivity index (χ1) is 47.7. The Morgan fingerprint density at radius 1 is 0.245 bits per heavy atom. The van der Waals surface area contributed by atoms with E-state index in [0.29, 0.717) is 25.7 Å². The van der Waals surface area contributed by atoms with E-state index in [1.165, 1.54) is 257 Å². The number of aliphatic hydroxyl groups is 1. The van der Waals surface area contributed by atoms with E-state index in [0.717, 1.165) is 89.9 Å². The topological polar surface area (TPSA) is 237 Å². The summed E-state index contributed by atoms with van der Waals surface area (Å²) in [5.41, 5.74) is 0. The third-order valence-electron chi connectivity index (χ3n) is 18.6. The van der Waals surface area contributed by atoms with E-state index in [4.69, 9.17) is 37.0 Å². The van der Waals surface area contributed by atoms with E-state index in [-0.39, 0.29) is 25.7 Å². The van der Waals surface area contributed by atoms with E-state index in [1.807, 2.05) is 0 Å². The van der Waals surface area contributed by atoms with Gasteiger partial charge in [-0.15, -0.1) is 0 Å². The number of carbonyl (C=O) groups excluding carboxylic acids is 4. The highest BCUT2D eigenvalue weighted by molar-refractivity contribution is 7.47. The number of rotatable bonds is 80. The van der Waals surface area contributed by atoms with Crippen LogP contribution in [0.1, 0.15) is 426 Å². The van der Waals surface area contributed by atoms with E-state index < -0.39 is 97.5 Å². The minimum atomic E-state index is -4.96. The van der Waals surface area contributed by atoms with Crippen LogP contribution in [0.2, 0.25) is 0 Å². The van der Waals surface area contributed by atoms with Crippen molar-refractivity contribution in [3.8, 4) is 0 Å². The fraction of sp³-hybridized carbons (Fsp3) is 0.949. The van der Waals surface area contributed by atoms with Gasteiger partial charge in [-0.25, -0.2) is 9.13 Å². The van der Waals surface area contributed by atoms with E-state index in [1.54, 1.807) is 0 Å². The molecule has 0 aliphatic rings. The number of hydrogen-bond donors (Lipinski definition) is 3. The van der Waals surface area contributed by atoms with E-state index in [2.05, 4.69) is 27.7 Å². The lowest BCUT2D eigenvalue weighted by atomic mass is 10.0. The summed E-state index contributed by atoms with van der Waals surface area (Å²) in [6.07, 6.45) is 64.9. The second-order valence-electron chi connectivity index (χ2n) is 28.5. The first-order valence-corrected chi connectivity index (χ1v) is 44.3. The molecule has 0 aromatic rings. The van der Waals surface area contributed by atoms with Crippen molar-refractivity contribution in [3.63, 3.8) is 0 Å². The van der Waals surface area contributed by atoms with Crippen molar-refractivity contribution >= 4 is 39.5 Å². The van der Waals surface area contributed by atoms with Crippen molar-refractivity contribution in [2.45, 2.75) is 444 Å². The molecule has 0 aliphatic heterocycles. The molecule has 19 heteroatoms. The maximum Gasteiger partial charge on any atom is 0.472 e. The Kier molecular flexibility index (Phi) is 71.9. The van der Waals surface area contributed by atoms with Crippen LogP contribution >= 0.6 is 15.6 Å². The van der Waals surface area contributed by atoms with Crippen LogP contribution in [-0.2, 0) is 65.4 Å². The molecule has 17 nitrogen and oxygen atoms in total. The molecule has 0 aromatic heterocycles. The van der Waals surface area contributed by atoms with Gasteiger partial charge in [-0.3, -0.25) is 37.3 Å². The lowest BCUT2D eigenvalue weighted by molar-refractivity contribution is -0.161. The molecule has 0 saturated heterocycles. The number of phosphoric ester groups is 2. The Morgan fingerprint density at radius 2 is 0.408 bits per heavy atom. The molecule has 0 rings (SSSR count). The Bertz CT molecular complexity index is 1860. The minimum Gasteiger partial charge on any atom is -0.462 e. The largest absolute Gasteiger partial charge is 0.472 e. The summed E-state index contributed by atoms with van der Waals surface area (Å²) in [5, 5.41) is 10.6. The first kappa shape index (κ1) is 96.1. The number of unbranched alkanes of at least 4 members (excludes halogenated alkanes) is 54. The van der Waals surface area contributed by atoms with Gasteiger partial charge in [0, 0.05) is 25.7 Å². The molecular weight excluding hydrogens is 1280 g/mol. The van der Waals surface area contributed by atoms with Crippen molar-refractivity contribution in [2.24, 2.45) is 0 Å². The van der Waals surface area contributed by atoms with Gasteiger partial charge in [0.15, 0.2) is 12.2 Å². The smallest absolute Gasteiger partial charge is 0.462 e. The molecule has 0 saturated carbocycles. The molecule has 0 spiro atoms. The van der Waals surface area contributed by atoms with Crippen molar-refractivity contribution in [1.82, 2.24) is 0 Å². The predicted molar refractivity (Wildman–Crippen MR) is 400 cm³/mol. The number of hydrogen-bond acceptors (Lipinski definition) is 15. The Balaban J connectivity index is 5.26. The number of carbonyl (C=O) groups is 4. The lowest BCUT2D eigenvalue weighted by Gasteiger charge is -2.21. The van der Waals surface area contributed by atoms with Gasteiger partial charge < -0.3 is 33.8 Å². The summed E-state index contributed by atoms with van der Waals surface area (Å²) in [6, 6.07) is 0. The van der Waals surface area contributed by atoms with Crippen LogP contribution in [0.4, 0.5) is 0 Å². The van der Waals surface area contributed by atoms with Gasteiger partial charge in [0.25, 0.3) is 0 Å². The van der Waals surface area contributed by atoms with Crippen molar-refractivity contribution in [1.29, 1.82) is 0 Å². The van der Waals surface area contributed by atoms with Gasteiger partial charge >= 0.3 is 39.5 Å². The van der Waals surface area contributed by atoms with Gasteiger partial charge in [0.05, 0.1) is 26.4 Å². The standard InChI is InChI=1S/C79H154O17P2/c1-5-9-13-17-21-25-29-33-35-36-38-42-46-50-54-58-62-66-79(84)96-75(70-90-77(82)64-60-56-52-48-44-40-32-28-24-20-16-12-8-4)72-94-98(87,88)92-68-73(80)67-91-97(85,86)93-71-74(69-89-76(81)63-59-55-51-47-43-39-31-27-23-19-15-11-7-3)95-78(83)65-61-57-53-49-45-41-37-34-30-26-22-18-14-10-6-2/h73-75,80H,5-72H2,1-4H3,(H,85,86)(H,87,88)/t73-,74+,75+/m0/s1. The number of ether oxygens (including phenoxy) is 4. The first-order valence-electron chi connectivity index (χ1n) is 41.3. The zero-order chi connectivity index (χ0) is 71.8. The molecule has 98 heavy (non-hydrogen) atoms. The second kappa shape index (κ2) is 73.4. The molecule has 0 aliphatic carbocycles. The monoisotopic (exact) mass is 1440 g/mol. The molecule has 2 unspecified atom stereocenters. The fourth-order valence-corrected chi connectivity index (χ4v) is 13.9. The highest BCUT2D eigenvalue weighted by Crippen LogP contribution is 2.45. The van der Waals surface area contributed by atoms with Gasteiger partial charge in [-0.05, 0) is 25.7 Å². The second-order valence-corrected chi connectivity index (χ2v) is 31.4. The van der Waals surface area contributed by atoms with Crippen LogP contribution < -0.4 is 0 Å². The molecule has 0 amide bonds. The number of esters is 4. The van der Waals surface area contributed by atoms with Crippen LogP contribution in [-0.4, -0.2) is 96.7 Å². The summed E-state index contributed by atoms with van der Waals surface area (Å²) < 4.78 is 68.7. The maximum absolute atomic E-state index is 13.1. The fourth-order valence-electron chi connectivity index (χ4n) is 12.3. The summed E-state index contributed by atoms with van der Waals surface area (Å²) in [6.45, 7) is 5.03. The van der Waals surface area contributed by atoms with Crippen molar-refractivity contribution < 1.29 is 80.2 Å². The molecule has 0 aromatic carbocycles. The highest BCUT2D eigenvalue weighted by Gasteiger charge is 2.30. The Hall–Kier alpha value is -1.94. The Morgan fingerprint density at radius 3 is 0.602 bits per heavy atom. The summed E-state index contributed by atoms with van der Waals surface area (Å²) >= 11 is 0. The van der Waals surface area contributed by atoms with Crippen LogP contribution in [0.5, 0.6) is 0 Å². The average molecular weight is 1440 g/mol. The third kappa shape index (κ3) is 72.4. The molecule has 3 N–H and O–H groups in total. The SMILES string of the molecule is CCCCCCCCCCCCCCCCCCCC(=O)O[C@H](COC(=O)CCCCCCCCCCCCCCC)COP(=O)(O)OC[C@@H](O)COP(=O)(O)OC[C@@H](COC(=O)CCCCCCCCCCCCCCC)OC(=O)CCCCCCCCCCCCCCCCC. The number of aliphatic hydroxyl groups excluding tert-OH is 1. The summed E-state index contributed by atoms with van der Waals surface area (Å²) in [7, 11) is -9.91. The van der Waals surface area contributed by atoms with E-state index in [9.17, 15) is 43.2 Å². The predicted octanol–water partition coefficient (Wildman–Crippen LogP) is 23.8. The molecule has 0 heterocycles. The number of phosphoric acid groups is 2. The zero-order valence-corrected chi connectivity index (χ0v) is 65.6. The summed E-state index contributed by atoms with van der Waals surface area (Å²) in [5.74, 6) is -2.10. The molecule has 0 fully saturated rings. The molecule has 0 radical (unpaired) electrons. The Labute approximate surface area is 600 Å². The quantitative estimate of drug-likeness (QED) is 0.0222. The maximum atomic E-state index is 13.1. The van der Waals surface area contributed by atoms with Crippen LogP contribution in [0.3, 0.4) is 0 Å².